The van der Waals surface area contributed by atoms with Crippen LogP contribution in [0.15, 0.2) is 227 Å². The van der Waals surface area contributed by atoms with Crippen LogP contribution in [0.1, 0.15) is 5.56 Å². The third-order valence-corrected chi connectivity index (χ3v) is 14.2. The first-order valence-corrected chi connectivity index (χ1v) is 23.9. The van der Waals surface area contributed by atoms with Crippen LogP contribution in [0, 0.1) is 11.3 Å². The highest BCUT2D eigenvalue weighted by atomic mass is 16.3. The second kappa shape index (κ2) is 15.5. The van der Waals surface area contributed by atoms with Crippen LogP contribution in [0.4, 0.5) is 0 Å². The molecule has 0 N–H and O–H groups in total. The van der Waals surface area contributed by atoms with Crippen molar-refractivity contribution in [2.24, 2.45) is 0 Å². The molecule has 0 amide bonds. The third kappa shape index (κ3) is 5.95. The van der Waals surface area contributed by atoms with Gasteiger partial charge in [0, 0.05) is 65.5 Å². The average molecular weight is 921 g/mol. The minimum absolute atomic E-state index is 0.380. The van der Waals surface area contributed by atoms with Crippen molar-refractivity contribution < 1.29 is 8.83 Å². The first kappa shape index (κ1) is 39.9. The molecule has 8 nitrogen and oxygen atoms in total. The van der Waals surface area contributed by atoms with Crippen LogP contribution in [0.5, 0.6) is 0 Å². The number of nitriles is 1. The number of nitrogens with zero attached hydrogens (tertiary/aromatic N) is 6. The van der Waals surface area contributed by atoms with Gasteiger partial charge in [-0.3, -0.25) is 0 Å². The number of furan rings is 2. The van der Waals surface area contributed by atoms with Crippen molar-refractivity contribution in [1.29, 1.82) is 5.26 Å². The Morgan fingerprint density at radius 2 is 0.889 bits per heavy atom. The minimum Gasteiger partial charge on any atom is -0.456 e. The Bertz CT molecular complexity index is 4690. The number of hydrogen-bond acceptors (Lipinski definition) is 6. The first-order valence-electron chi connectivity index (χ1n) is 23.9. The lowest BCUT2D eigenvalue weighted by molar-refractivity contribution is 0.666. The van der Waals surface area contributed by atoms with Crippen molar-refractivity contribution in [2.75, 3.05) is 0 Å². The molecule has 0 aliphatic rings. The summed E-state index contributed by atoms with van der Waals surface area (Å²) in [7, 11) is 0. The van der Waals surface area contributed by atoms with E-state index in [0.717, 1.165) is 110 Å². The summed E-state index contributed by atoms with van der Waals surface area (Å²) >= 11 is 0. The Labute approximate surface area is 410 Å². The molecule has 0 bridgehead atoms. The Morgan fingerprint density at radius 3 is 1.61 bits per heavy atom. The summed E-state index contributed by atoms with van der Waals surface area (Å²) in [4.78, 5) is 15.3. The number of aromatic nitrogens is 5. The van der Waals surface area contributed by atoms with Crippen LogP contribution in [0.2, 0.25) is 0 Å². The van der Waals surface area contributed by atoms with Crippen LogP contribution >= 0.6 is 0 Å². The van der Waals surface area contributed by atoms with Crippen LogP contribution in [-0.4, -0.2) is 24.1 Å². The van der Waals surface area contributed by atoms with E-state index in [-0.39, 0.29) is 0 Å². The predicted octanol–water partition coefficient (Wildman–Crippen LogP) is 16.4. The SMILES string of the molecule is N#Cc1cc(-n2c3ccc(-c4ccc5oc6ccccc6c5c4)cc3c3cc4c5ccccc5n(-c5ccccc5)c4cc32)c2oc3ccccc3c2c1-c1nc(-c2ccccc2)nc(-c2ccccc2)n1. The summed E-state index contributed by atoms with van der Waals surface area (Å²) in [5, 5.41) is 19.6. The van der Waals surface area contributed by atoms with Gasteiger partial charge >= 0.3 is 0 Å². The van der Waals surface area contributed by atoms with Gasteiger partial charge in [-0.2, -0.15) is 5.26 Å². The van der Waals surface area contributed by atoms with Gasteiger partial charge in [0.05, 0.1) is 39.4 Å². The fraction of sp³-hybridized carbons (Fsp3) is 0. The normalized spacial score (nSPS) is 11.9. The molecule has 0 aliphatic heterocycles. The van der Waals surface area contributed by atoms with E-state index in [1.165, 1.54) is 0 Å². The molecule has 15 rings (SSSR count). The van der Waals surface area contributed by atoms with Crippen LogP contribution in [0.3, 0.4) is 0 Å². The summed E-state index contributed by atoms with van der Waals surface area (Å²) in [5.74, 6) is 1.39. The Morgan fingerprint density at radius 1 is 0.361 bits per heavy atom. The molecule has 8 heteroatoms. The van der Waals surface area contributed by atoms with Crippen molar-refractivity contribution in [1.82, 2.24) is 24.1 Å². The van der Waals surface area contributed by atoms with Gasteiger partial charge in [0.2, 0.25) is 0 Å². The third-order valence-electron chi connectivity index (χ3n) is 14.2. The molecule has 0 aliphatic carbocycles. The molecule has 5 aromatic heterocycles. The van der Waals surface area contributed by atoms with E-state index in [0.29, 0.717) is 39.8 Å². The van der Waals surface area contributed by atoms with Crippen molar-refractivity contribution in [3.63, 3.8) is 0 Å². The second-order valence-electron chi connectivity index (χ2n) is 18.2. The van der Waals surface area contributed by atoms with E-state index < -0.39 is 0 Å². The minimum atomic E-state index is 0.380. The maximum atomic E-state index is 11.5. The number of para-hydroxylation sites is 4. The molecular formula is C64H36N6O2. The lowest BCUT2D eigenvalue weighted by Gasteiger charge is -2.14. The first-order chi connectivity index (χ1) is 35.6. The molecule has 334 valence electrons. The topological polar surface area (TPSA) is 98.6 Å². The van der Waals surface area contributed by atoms with Crippen molar-refractivity contribution in [3.05, 3.63) is 224 Å². The van der Waals surface area contributed by atoms with E-state index in [9.17, 15) is 5.26 Å². The molecular weight excluding hydrogens is 885 g/mol. The Kier molecular flexibility index (Phi) is 8.55. The predicted molar refractivity (Wildman–Crippen MR) is 290 cm³/mol. The van der Waals surface area contributed by atoms with Crippen LogP contribution in [0.25, 0.3) is 144 Å². The van der Waals surface area contributed by atoms with Gasteiger partial charge in [-0.25, -0.2) is 15.0 Å². The van der Waals surface area contributed by atoms with Gasteiger partial charge in [-0.15, -0.1) is 0 Å². The summed E-state index contributed by atoms with van der Waals surface area (Å²) in [6.45, 7) is 0. The van der Waals surface area contributed by atoms with Gasteiger partial charge in [-0.1, -0.05) is 146 Å². The van der Waals surface area contributed by atoms with Gasteiger partial charge in [0.1, 0.15) is 16.7 Å². The van der Waals surface area contributed by atoms with Gasteiger partial charge in [0.15, 0.2) is 23.1 Å². The summed E-state index contributed by atoms with van der Waals surface area (Å²) in [6.07, 6.45) is 0. The maximum absolute atomic E-state index is 11.5. The summed E-state index contributed by atoms with van der Waals surface area (Å²) in [6, 6.07) is 77.5. The Balaban J connectivity index is 1.05. The highest BCUT2D eigenvalue weighted by Crippen LogP contribution is 2.46. The molecule has 0 atom stereocenters. The summed E-state index contributed by atoms with van der Waals surface area (Å²) in [5.41, 5.74) is 13.7. The number of rotatable bonds is 6. The molecule has 15 aromatic rings. The van der Waals surface area contributed by atoms with E-state index in [2.05, 4.69) is 130 Å². The summed E-state index contributed by atoms with van der Waals surface area (Å²) < 4.78 is 17.9. The van der Waals surface area contributed by atoms with Crippen molar-refractivity contribution >= 4 is 87.5 Å². The zero-order valence-corrected chi connectivity index (χ0v) is 38.3. The molecule has 0 spiro atoms. The van der Waals surface area contributed by atoms with Gasteiger partial charge < -0.3 is 18.0 Å². The maximum Gasteiger partial charge on any atom is 0.166 e. The molecule has 0 unspecified atom stereocenters. The molecule has 0 saturated carbocycles. The zero-order valence-electron chi connectivity index (χ0n) is 38.3. The molecule has 0 saturated heterocycles. The number of hydrogen-bond donors (Lipinski definition) is 0. The molecule has 72 heavy (non-hydrogen) atoms. The second-order valence-corrected chi connectivity index (χ2v) is 18.2. The van der Waals surface area contributed by atoms with Gasteiger partial charge in [0.25, 0.3) is 0 Å². The molecule has 10 aromatic carbocycles. The average Bonchev–Trinajstić information content (AvgIpc) is 4.20. The molecule has 5 heterocycles. The Hall–Kier alpha value is -10.1. The standard InChI is InChI=1S/C64H36N6O2/c65-37-42-34-55(61-60(46-24-12-15-27-57(46)72-61)59(42)64-67-62(38-16-4-1-5-17-38)66-63(68-64)39-18-6-2-7-19-39)70-52-30-28-40(41-29-31-58-50(33-41)45-23-11-14-26-56(45)71-58)32-47(52)49-35-48-44-22-10-13-25-51(44)69(53(48)36-54(49)70)43-20-8-3-9-21-43/h1-36H. The number of benzene rings is 10. The largest absolute Gasteiger partial charge is 0.456 e. The van der Waals surface area contributed by atoms with E-state index >= 15 is 0 Å². The smallest absolute Gasteiger partial charge is 0.166 e. The fourth-order valence-electron chi connectivity index (χ4n) is 11.0. The van der Waals surface area contributed by atoms with E-state index in [1.807, 2.05) is 103 Å². The lowest BCUT2D eigenvalue weighted by atomic mass is 9.98. The highest BCUT2D eigenvalue weighted by molar-refractivity contribution is 6.22. The fourth-order valence-corrected chi connectivity index (χ4v) is 11.0. The quantitative estimate of drug-likeness (QED) is 0.165. The van der Waals surface area contributed by atoms with E-state index in [1.54, 1.807) is 0 Å². The van der Waals surface area contributed by atoms with E-state index in [4.69, 9.17) is 23.8 Å². The molecule has 0 radical (unpaired) electrons. The number of fused-ring (bicyclic) bond motifs is 12. The lowest BCUT2D eigenvalue weighted by Crippen LogP contribution is -2.03. The zero-order chi connectivity index (χ0) is 47.4. The van der Waals surface area contributed by atoms with Crippen molar-refractivity contribution in [2.45, 2.75) is 0 Å². The van der Waals surface area contributed by atoms with Crippen molar-refractivity contribution in [3.8, 4) is 62.7 Å². The van der Waals surface area contributed by atoms with Gasteiger partial charge in [-0.05, 0) is 83.9 Å². The van der Waals surface area contributed by atoms with Crippen LogP contribution < -0.4 is 0 Å². The monoisotopic (exact) mass is 920 g/mol. The highest BCUT2D eigenvalue weighted by Gasteiger charge is 2.27. The van der Waals surface area contributed by atoms with Crippen LogP contribution in [-0.2, 0) is 0 Å². The molecule has 0 fully saturated rings.